The van der Waals surface area contributed by atoms with Crippen molar-refractivity contribution in [3.05, 3.63) is 28.2 Å². The first-order chi connectivity index (χ1) is 10.1. The Balaban J connectivity index is 1.82. The number of hydrogen-bond donors (Lipinski definition) is 2. The van der Waals surface area contributed by atoms with Crippen molar-refractivity contribution < 1.29 is 4.79 Å². The van der Waals surface area contributed by atoms with E-state index in [2.05, 4.69) is 10.2 Å². The Morgan fingerprint density at radius 3 is 2.76 bits per heavy atom. The number of rotatable bonds is 5. The van der Waals surface area contributed by atoms with Crippen LogP contribution in [0, 0.1) is 5.92 Å². The van der Waals surface area contributed by atoms with Gasteiger partial charge in [0.2, 0.25) is 5.91 Å². The molecule has 1 heterocycles. The molecular weight excluding hydrogens is 309 g/mol. The zero-order valence-corrected chi connectivity index (χ0v) is 13.5. The lowest BCUT2D eigenvalue weighted by Gasteiger charge is -2.31. The lowest BCUT2D eigenvalue weighted by atomic mass is 9.98. The summed E-state index contributed by atoms with van der Waals surface area (Å²) in [5.41, 5.74) is 6.21. The molecule has 1 saturated heterocycles. The van der Waals surface area contributed by atoms with E-state index in [-0.39, 0.29) is 5.91 Å². The number of carbonyl (C=O) groups excluding carboxylic acids is 1. The molecule has 1 unspecified atom stereocenters. The summed E-state index contributed by atoms with van der Waals surface area (Å²) in [5, 5.41) is 3.70. The van der Waals surface area contributed by atoms with E-state index in [1.165, 1.54) is 6.42 Å². The number of halogens is 2. The van der Waals surface area contributed by atoms with Crippen LogP contribution in [0.4, 0.5) is 5.69 Å². The van der Waals surface area contributed by atoms with E-state index in [0.717, 1.165) is 32.6 Å². The van der Waals surface area contributed by atoms with E-state index in [0.29, 0.717) is 28.1 Å². The van der Waals surface area contributed by atoms with Crippen LogP contribution in [0.15, 0.2) is 18.2 Å². The number of anilines is 1. The van der Waals surface area contributed by atoms with Gasteiger partial charge in [0, 0.05) is 19.5 Å². The van der Waals surface area contributed by atoms with Gasteiger partial charge in [-0.15, -0.1) is 0 Å². The second-order valence-corrected chi connectivity index (χ2v) is 6.25. The molecule has 6 heteroatoms. The predicted octanol–water partition coefficient (Wildman–Crippen LogP) is 2.99. The number of nitrogens with zero attached hydrogens (tertiary/aromatic N) is 1. The Morgan fingerprint density at radius 2 is 2.10 bits per heavy atom. The fourth-order valence-corrected chi connectivity index (χ4v) is 3.12. The van der Waals surface area contributed by atoms with Crippen molar-refractivity contribution in [1.82, 2.24) is 4.90 Å². The summed E-state index contributed by atoms with van der Waals surface area (Å²) in [6.07, 6.45) is 2.77. The molecule has 0 bridgehead atoms. The average Bonchev–Trinajstić information content (AvgIpc) is 2.49. The van der Waals surface area contributed by atoms with Crippen molar-refractivity contribution in [3.8, 4) is 0 Å². The van der Waals surface area contributed by atoms with Gasteiger partial charge in [0.05, 0.1) is 15.7 Å². The van der Waals surface area contributed by atoms with E-state index in [1.54, 1.807) is 18.2 Å². The maximum atomic E-state index is 12.0. The number of benzene rings is 1. The molecule has 0 aromatic heterocycles. The lowest BCUT2D eigenvalue weighted by molar-refractivity contribution is -0.116. The number of nitrogens with one attached hydrogen (secondary N) is 1. The molecule has 1 aliphatic rings. The number of hydrogen-bond acceptors (Lipinski definition) is 3. The molecule has 1 aliphatic heterocycles. The summed E-state index contributed by atoms with van der Waals surface area (Å²) in [4.78, 5) is 14.3. The van der Waals surface area contributed by atoms with Crippen molar-refractivity contribution in [2.24, 2.45) is 11.7 Å². The van der Waals surface area contributed by atoms with E-state index in [9.17, 15) is 4.79 Å². The highest BCUT2D eigenvalue weighted by Gasteiger charge is 2.19. The molecule has 116 valence electrons. The van der Waals surface area contributed by atoms with Gasteiger partial charge in [-0.05, 0) is 44.0 Å². The Labute approximate surface area is 135 Å². The van der Waals surface area contributed by atoms with E-state index < -0.39 is 0 Å². The van der Waals surface area contributed by atoms with Crippen molar-refractivity contribution in [2.45, 2.75) is 19.3 Å². The molecule has 1 amide bonds. The monoisotopic (exact) mass is 329 g/mol. The Hall–Kier alpha value is -0.810. The van der Waals surface area contributed by atoms with Crippen LogP contribution < -0.4 is 11.1 Å². The number of carbonyl (C=O) groups is 1. The molecule has 1 aromatic carbocycles. The molecule has 2 rings (SSSR count). The zero-order valence-electron chi connectivity index (χ0n) is 11.9. The van der Waals surface area contributed by atoms with E-state index in [4.69, 9.17) is 28.9 Å². The van der Waals surface area contributed by atoms with Gasteiger partial charge in [-0.25, -0.2) is 0 Å². The summed E-state index contributed by atoms with van der Waals surface area (Å²) in [6, 6.07) is 5.17. The third-order valence-corrected chi connectivity index (χ3v) is 4.45. The van der Waals surface area contributed by atoms with Gasteiger partial charge in [-0.1, -0.05) is 29.3 Å². The fraction of sp³-hybridized carbons (Fsp3) is 0.533. The van der Waals surface area contributed by atoms with Gasteiger partial charge in [0.1, 0.15) is 0 Å². The van der Waals surface area contributed by atoms with E-state index in [1.807, 2.05) is 0 Å². The highest BCUT2D eigenvalue weighted by molar-refractivity contribution is 6.39. The lowest BCUT2D eigenvalue weighted by Crippen LogP contribution is -2.39. The smallest absolute Gasteiger partial charge is 0.225 e. The van der Waals surface area contributed by atoms with Crippen molar-refractivity contribution in [3.63, 3.8) is 0 Å². The summed E-state index contributed by atoms with van der Waals surface area (Å²) in [5.74, 6) is 0.486. The van der Waals surface area contributed by atoms with Crippen LogP contribution in [0.5, 0.6) is 0 Å². The Morgan fingerprint density at radius 1 is 1.38 bits per heavy atom. The van der Waals surface area contributed by atoms with Gasteiger partial charge in [-0.2, -0.15) is 0 Å². The maximum Gasteiger partial charge on any atom is 0.225 e. The Kier molecular flexibility index (Phi) is 6.30. The molecule has 0 aliphatic carbocycles. The molecule has 4 nitrogen and oxygen atoms in total. The normalized spacial score (nSPS) is 19.5. The number of likely N-dealkylation sites (tertiary alicyclic amines) is 1. The van der Waals surface area contributed by atoms with Crippen LogP contribution in [0.3, 0.4) is 0 Å². The van der Waals surface area contributed by atoms with Crippen LogP contribution in [-0.4, -0.2) is 37.0 Å². The number of nitrogens with two attached hydrogens (primary N) is 1. The maximum absolute atomic E-state index is 12.0. The molecule has 0 spiro atoms. The van der Waals surface area contributed by atoms with Crippen LogP contribution in [0.2, 0.25) is 10.0 Å². The first-order valence-corrected chi connectivity index (χ1v) is 8.02. The minimum Gasteiger partial charge on any atom is -0.330 e. The second kappa shape index (κ2) is 7.99. The summed E-state index contributed by atoms with van der Waals surface area (Å²) >= 11 is 12.1. The van der Waals surface area contributed by atoms with Gasteiger partial charge in [-0.3, -0.25) is 4.79 Å². The highest BCUT2D eigenvalue weighted by Crippen LogP contribution is 2.29. The molecule has 0 saturated carbocycles. The first-order valence-electron chi connectivity index (χ1n) is 7.26. The van der Waals surface area contributed by atoms with Crippen LogP contribution in [-0.2, 0) is 4.79 Å². The van der Waals surface area contributed by atoms with Crippen molar-refractivity contribution in [1.29, 1.82) is 0 Å². The largest absolute Gasteiger partial charge is 0.330 e. The predicted molar refractivity (Wildman–Crippen MR) is 87.9 cm³/mol. The molecule has 0 radical (unpaired) electrons. The second-order valence-electron chi connectivity index (χ2n) is 5.44. The molecule has 1 aromatic rings. The molecule has 1 atom stereocenters. The molecular formula is C15H21Cl2N3O. The summed E-state index contributed by atoms with van der Waals surface area (Å²) in [7, 11) is 0. The number of amides is 1. The minimum atomic E-state index is -0.0696. The highest BCUT2D eigenvalue weighted by atomic mass is 35.5. The third kappa shape index (κ3) is 4.85. The zero-order chi connectivity index (χ0) is 15.2. The van der Waals surface area contributed by atoms with Gasteiger partial charge >= 0.3 is 0 Å². The fourth-order valence-electron chi connectivity index (χ4n) is 2.63. The van der Waals surface area contributed by atoms with Gasteiger partial charge < -0.3 is 16.0 Å². The Bertz CT molecular complexity index is 476. The van der Waals surface area contributed by atoms with Crippen LogP contribution >= 0.6 is 23.2 Å². The molecule has 3 N–H and O–H groups in total. The van der Waals surface area contributed by atoms with E-state index >= 15 is 0 Å². The standard InChI is InChI=1S/C15H21Cl2N3O/c16-12-4-1-5-13(17)15(12)19-14(21)6-8-20-7-2-3-11(9-18)10-20/h1,4-5,11H,2-3,6-10,18H2,(H,19,21). The van der Waals surface area contributed by atoms with Gasteiger partial charge in [0.15, 0.2) is 0 Å². The van der Waals surface area contributed by atoms with Gasteiger partial charge in [0.25, 0.3) is 0 Å². The SMILES string of the molecule is NCC1CCCN(CCC(=O)Nc2c(Cl)cccc2Cl)C1. The molecule has 21 heavy (non-hydrogen) atoms. The summed E-state index contributed by atoms with van der Waals surface area (Å²) in [6.45, 7) is 3.48. The van der Waals surface area contributed by atoms with Crippen molar-refractivity contribution >= 4 is 34.8 Å². The minimum absolute atomic E-state index is 0.0696. The topological polar surface area (TPSA) is 58.4 Å². The van der Waals surface area contributed by atoms with Crippen LogP contribution in [0.1, 0.15) is 19.3 Å². The van der Waals surface area contributed by atoms with Crippen LogP contribution in [0.25, 0.3) is 0 Å². The number of para-hydroxylation sites is 1. The van der Waals surface area contributed by atoms with Crippen molar-refractivity contribution in [2.75, 3.05) is 31.5 Å². The quantitative estimate of drug-likeness (QED) is 0.873. The number of piperidine rings is 1. The molecule has 1 fully saturated rings. The average molecular weight is 330 g/mol. The third-order valence-electron chi connectivity index (χ3n) is 3.82. The summed E-state index contributed by atoms with van der Waals surface area (Å²) < 4.78 is 0. The first kappa shape index (κ1) is 16.6.